The van der Waals surface area contributed by atoms with Crippen LogP contribution >= 0.6 is 0 Å². The van der Waals surface area contributed by atoms with Gasteiger partial charge >= 0.3 is 0 Å². The number of rotatable bonds is 2. The molecular formula is C8H10N2O2. The van der Waals surface area contributed by atoms with Gasteiger partial charge in [0.05, 0.1) is 0 Å². The largest absolute Gasteiger partial charge is 0.411 e. The first-order valence-electron chi connectivity index (χ1n) is 3.11. The molecule has 12 heavy (non-hydrogen) atoms. The fraction of sp³-hybridized carbons (Fsp3) is 0. The first-order chi connectivity index (χ1) is 5.34. The van der Waals surface area contributed by atoms with Crippen molar-refractivity contribution in [3.63, 3.8) is 0 Å². The zero-order chi connectivity index (χ0) is 8.10. The smallest absolute Gasteiger partial charge is 0.207 e. The van der Waals surface area contributed by atoms with Crippen molar-refractivity contribution in [2.75, 3.05) is 0 Å². The van der Waals surface area contributed by atoms with Gasteiger partial charge in [-0.25, -0.2) is 0 Å². The van der Waals surface area contributed by atoms with E-state index in [0.717, 1.165) is 6.21 Å². The lowest BCUT2D eigenvalue weighted by Crippen LogP contribution is -1.98. The summed E-state index contributed by atoms with van der Waals surface area (Å²) in [6, 6.07) is 8.62. The highest BCUT2D eigenvalue weighted by atomic mass is 16.4. The average Bonchev–Trinajstić information content (AvgIpc) is 2.07. The summed E-state index contributed by atoms with van der Waals surface area (Å²) in [7, 11) is 0. The Labute approximate surface area is 70.1 Å². The van der Waals surface area contributed by atoms with E-state index in [1.165, 1.54) is 0 Å². The van der Waals surface area contributed by atoms with Crippen molar-refractivity contribution in [1.29, 1.82) is 0 Å². The molecule has 1 aromatic rings. The van der Waals surface area contributed by atoms with Crippen LogP contribution < -0.4 is 6.15 Å². The van der Waals surface area contributed by atoms with Crippen molar-refractivity contribution in [3.05, 3.63) is 35.9 Å². The van der Waals surface area contributed by atoms with Gasteiger partial charge in [-0.3, -0.25) is 4.79 Å². The molecule has 4 heteroatoms. The van der Waals surface area contributed by atoms with Crippen LogP contribution in [0.4, 0.5) is 0 Å². The van der Waals surface area contributed by atoms with Gasteiger partial charge in [0.15, 0.2) is 0 Å². The lowest BCUT2D eigenvalue weighted by atomic mass is 10.1. The van der Waals surface area contributed by atoms with E-state index in [9.17, 15) is 4.79 Å². The van der Waals surface area contributed by atoms with Gasteiger partial charge < -0.3 is 11.4 Å². The van der Waals surface area contributed by atoms with Crippen molar-refractivity contribution < 1.29 is 10.0 Å². The maximum atomic E-state index is 10.9. The molecule has 0 fully saturated rings. The standard InChI is InChI=1S/C8H7NO2.H3N/c10-8(6-9-11)7-4-2-1-3-5-7;/h1-6,11H;1H3. The molecule has 0 spiro atoms. The highest BCUT2D eigenvalue weighted by Gasteiger charge is 1.98. The van der Waals surface area contributed by atoms with Crippen molar-refractivity contribution in [2.24, 2.45) is 5.16 Å². The molecule has 0 heterocycles. The molecule has 1 rings (SSSR count). The van der Waals surface area contributed by atoms with Crippen LogP contribution in [0.2, 0.25) is 0 Å². The molecule has 0 saturated heterocycles. The van der Waals surface area contributed by atoms with Gasteiger partial charge in [-0.15, -0.1) is 0 Å². The summed E-state index contributed by atoms with van der Waals surface area (Å²) in [5.41, 5.74) is 0.519. The molecular weight excluding hydrogens is 156 g/mol. The number of carbonyl (C=O) groups excluding carboxylic acids is 1. The minimum atomic E-state index is -0.298. The van der Waals surface area contributed by atoms with Crippen molar-refractivity contribution in [3.8, 4) is 0 Å². The predicted octanol–water partition coefficient (Wildman–Crippen LogP) is 1.49. The minimum absolute atomic E-state index is 0. The lowest BCUT2D eigenvalue weighted by Gasteiger charge is -1.90. The van der Waals surface area contributed by atoms with Gasteiger partial charge in [-0.05, 0) is 0 Å². The molecule has 0 amide bonds. The van der Waals surface area contributed by atoms with Gasteiger partial charge in [0, 0.05) is 5.56 Å². The van der Waals surface area contributed by atoms with Gasteiger partial charge in [-0.2, -0.15) is 0 Å². The van der Waals surface area contributed by atoms with E-state index in [-0.39, 0.29) is 11.9 Å². The Morgan fingerprint density at radius 3 is 2.42 bits per heavy atom. The van der Waals surface area contributed by atoms with Crippen molar-refractivity contribution in [1.82, 2.24) is 6.15 Å². The Kier molecular flexibility index (Phi) is 4.33. The Bertz CT molecular complexity index is 270. The second kappa shape index (κ2) is 5.03. The number of Topliss-reactive ketones (excluding diaryl/α,β-unsaturated/α-hetero) is 1. The number of oxime groups is 1. The van der Waals surface area contributed by atoms with Crippen LogP contribution in [-0.4, -0.2) is 17.2 Å². The number of carbonyl (C=O) groups is 1. The van der Waals surface area contributed by atoms with E-state index in [1.807, 2.05) is 6.07 Å². The molecule has 0 saturated carbocycles. The minimum Gasteiger partial charge on any atom is -0.411 e. The van der Waals surface area contributed by atoms with Crippen molar-refractivity contribution >= 4 is 12.0 Å². The predicted molar refractivity (Wildman–Crippen MR) is 46.1 cm³/mol. The summed E-state index contributed by atoms with van der Waals surface area (Å²) in [6.07, 6.45) is 0.870. The summed E-state index contributed by atoms with van der Waals surface area (Å²) in [5.74, 6) is -0.298. The molecule has 4 nitrogen and oxygen atoms in total. The topological polar surface area (TPSA) is 84.7 Å². The van der Waals surface area contributed by atoms with E-state index < -0.39 is 0 Å². The fourth-order valence-electron chi connectivity index (χ4n) is 0.729. The van der Waals surface area contributed by atoms with E-state index in [0.29, 0.717) is 5.56 Å². The van der Waals surface area contributed by atoms with Crippen LogP contribution in [0.5, 0.6) is 0 Å². The molecule has 4 N–H and O–H groups in total. The van der Waals surface area contributed by atoms with E-state index in [4.69, 9.17) is 5.21 Å². The lowest BCUT2D eigenvalue weighted by molar-refractivity contribution is 0.106. The molecule has 0 unspecified atom stereocenters. The Morgan fingerprint density at radius 2 is 1.92 bits per heavy atom. The number of hydrogen-bond acceptors (Lipinski definition) is 4. The normalized spacial score (nSPS) is 9.33. The Morgan fingerprint density at radius 1 is 1.33 bits per heavy atom. The summed E-state index contributed by atoms with van der Waals surface area (Å²) < 4.78 is 0. The van der Waals surface area contributed by atoms with Crippen LogP contribution in [0.25, 0.3) is 0 Å². The molecule has 64 valence electrons. The maximum absolute atomic E-state index is 10.9. The van der Waals surface area contributed by atoms with Crippen LogP contribution in [0.3, 0.4) is 0 Å². The van der Waals surface area contributed by atoms with Crippen LogP contribution in [0.15, 0.2) is 35.5 Å². The molecule has 1 aromatic carbocycles. The molecule has 0 atom stereocenters. The first kappa shape index (κ1) is 10.3. The number of hydrogen-bond donors (Lipinski definition) is 2. The second-order valence-corrected chi connectivity index (χ2v) is 1.97. The van der Waals surface area contributed by atoms with Gasteiger partial charge in [0.1, 0.15) is 6.21 Å². The Hall–Kier alpha value is -1.68. The zero-order valence-electron chi connectivity index (χ0n) is 6.47. The van der Waals surface area contributed by atoms with Gasteiger partial charge in [-0.1, -0.05) is 35.5 Å². The van der Waals surface area contributed by atoms with Gasteiger partial charge in [0.2, 0.25) is 5.78 Å². The second-order valence-electron chi connectivity index (χ2n) is 1.97. The summed E-state index contributed by atoms with van der Waals surface area (Å²) >= 11 is 0. The summed E-state index contributed by atoms with van der Waals surface area (Å²) in [4.78, 5) is 10.9. The molecule has 0 bridgehead atoms. The molecule has 0 aromatic heterocycles. The van der Waals surface area contributed by atoms with Crippen LogP contribution in [-0.2, 0) is 0 Å². The number of benzene rings is 1. The van der Waals surface area contributed by atoms with E-state index >= 15 is 0 Å². The first-order valence-corrected chi connectivity index (χ1v) is 3.11. The third-order valence-corrected chi connectivity index (χ3v) is 1.23. The summed E-state index contributed by atoms with van der Waals surface area (Å²) in [5, 5.41) is 10.7. The molecule has 0 aliphatic rings. The third kappa shape index (κ3) is 2.51. The monoisotopic (exact) mass is 166 g/mol. The fourth-order valence-corrected chi connectivity index (χ4v) is 0.729. The van der Waals surface area contributed by atoms with Crippen molar-refractivity contribution in [2.45, 2.75) is 0 Å². The van der Waals surface area contributed by atoms with Crippen LogP contribution in [0.1, 0.15) is 10.4 Å². The molecule has 0 radical (unpaired) electrons. The number of ketones is 1. The number of nitrogens with zero attached hydrogens (tertiary/aromatic N) is 1. The SMILES string of the molecule is N.O=C(C=NO)c1ccccc1. The van der Waals surface area contributed by atoms with E-state index in [2.05, 4.69) is 5.16 Å². The summed E-state index contributed by atoms with van der Waals surface area (Å²) in [6.45, 7) is 0. The van der Waals surface area contributed by atoms with Crippen LogP contribution in [0, 0.1) is 0 Å². The molecule has 0 aliphatic carbocycles. The Balaban J connectivity index is 0.00000121. The molecule has 0 aliphatic heterocycles. The highest BCUT2D eigenvalue weighted by Crippen LogP contribution is 1.97. The average molecular weight is 166 g/mol. The third-order valence-electron chi connectivity index (χ3n) is 1.23. The zero-order valence-corrected chi connectivity index (χ0v) is 6.47. The van der Waals surface area contributed by atoms with E-state index in [1.54, 1.807) is 24.3 Å². The maximum Gasteiger partial charge on any atom is 0.207 e. The van der Waals surface area contributed by atoms with Gasteiger partial charge in [0.25, 0.3) is 0 Å². The quantitative estimate of drug-likeness (QED) is 0.302. The highest BCUT2D eigenvalue weighted by molar-refractivity contribution is 6.35.